The van der Waals surface area contributed by atoms with Gasteiger partial charge in [-0.1, -0.05) is 11.6 Å². The Kier molecular flexibility index (Phi) is 3.49. The lowest BCUT2D eigenvalue weighted by Crippen LogP contribution is -2.36. The average Bonchev–Trinajstić information content (AvgIpc) is 2.29. The summed E-state index contributed by atoms with van der Waals surface area (Å²) in [6.45, 7) is 1.23. The Hall–Kier alpha value is -1.33. The van der Waals surface area contributed by atoms with Crippen molar-refractivity contribution in [3.8, 4) is 0 Å². The van der Waals surface area contributed by atoms with Crippen molar-refractivity contribution in [3.63, 3.8) is 0 Å². The second-order valence-electron chi connectivity index (χ2n) is 4.11. The zero-order chi connectivity index (χ0) is 12.4. The number of hydrogen-bond acceptors (Lipinski definition) is 4. The van der Waals surface area contributed by atoms with E-state index in [1.54, 1.807) is 6.07 Å². The van der Waals surface area contributed by atoms with Gasteiger partial charge in [0.15, 0.2) is 0 Å². The third kappa shape index (κ3) is 2.68. The quantitative estimate of drug-likeness (QED) is 0.651. The molecule has 0 atom stereocenters. The van der Waals surface area contributed by atoms with Gasteiger partial charge >= 0.3 is 0 Å². The minimum atomic E-state index is -0.406. The van der Waals surface area contributed by atoms with Crippen LogP contribution in [0.2, 0.25) is 5.02 Å². The minimum absolute atomic E-state index is 0.0609. The Labute approximate surface area is 104 Å². The van der Waals surface area contributed by atoms with Crippen LogP contribution in [0.5, 0.6) is 0 Å². The van der Waals surface area contributed by atoms with Crippen LogP contribution >= 0.6 is 11.6 Å². The topological polar surface area (TPSA) is 66.6 Å². The van der Waals surface area contributed by atoms with Crippen LogP contribution < -0.4 is 4.90 Å². The van der Waals surface area contributed by atoms with Gasteiger partial charge in [0.2, 0.25) is 0 Å². The van der Waals surface area contributed by atoms with Gasteiger partial charge < -0.3 is 10.0 Å². The minimum Gasteiger partial charge on any atom is -0.393 e. The highest BCUT2D eigenvalue weighted by Gasteiger charge is 2.23. The van der Waals surface area contributed by atoms with Crippen molar-refractivity contribution >= 4 is 23.0 Å². The molecule has 0 bridgehead atoms. The Morgan fingerprint density at radius 1 is 1.41 bits per heavy atom. The molecule has 2 rings (SSSR count). The van der Waals surface area contributed by atoms with Crippen LogP contribution in [0.4, 0.5) is 11.4 Å². The summed E-state index contributed by atoms with van der Waals surface area (Å²) in [4.78, 5) is 12.4. The number of anilines is 1. The summed E-state index contributed by atoms with van der Waals surface area (Å²) in [5.74, 6) is 0. The summed E-state index contributed by atoms with van der Waals surface area (Å²) in [7, 11) is 0. The van der Waals surface area contributed by atoms with E-state index in [0.29, 0.717) is 36.6 Å². The van der Waals surface area contributed by atoms with Crippen molar-refractivity contribution < 1.29 is 10.0 Å². The molecule has 1 N–H and O–H groups in total. The zero-order valence-electron chi connectivity index (χ0n) is 9.17. The van der Waals surface area contributed by atoms with Crippen molar-refractivity contribution in [2.75, 3.05) is 18.0 Å². The normalized spacial score (nSPS) is 17.2. The first-order chi connectivity index (χ1) is 8.08. The van der Waals surface area contributed by atoms with Crippen LogP contribution in [0.1, 0.15) is 12.8 Å². The molecule has 6 heteroatoms. The van der Waals surface area contributed by atoms with E-state index in [4.69, 9.17) is 11.6 Å². The van der Waals surface area contributed by atoms with Gasteiger partial charge in [0.05, 0.1) is 11.0 Å². The van der Waals surface area contributed by atoms with Crippen molar-refractivity contribution in [1.29, 1.82) is 0 Å². The number of piperidine rings is 1. The smallest absolute Gasteiger partial charge is 0.292 e. The maximum atomic E-state index is 10.9. The molecule has 1 aliphatic heterocycles. The first-order valence-corrected chi connectivity index (χ1v) is 5.82. The first kappa shape index (κ1) is 12.1. The molecule has 92 valence electrons. The number of halogens is 1. The molecule has 1 aromatic carbocycles. The Morgan fingerprint density at radius 3 is 2.65 bits per heavy atom. The molecule has 1 heterocycles. The second-order valence-corrected chi connectivity index (χ2v) is 4.54. The summed E-state index contributed by atoms with van der Waals surface area (Å²) in [6.07, 6.45) is 0.956. The molecule has 0 amide bonds. The average molecular weight is 257 g/mol. The first-order valence-electron chi connectivity index (χ1n) is 5.45. The second kappa shape index (κ2) is 4.89. The van der Waals surface area contributed by atoms with Crippen molar-refractivity contribution in [3.05, 3.63) is 33.3 Å². The molecule has 0 unspecified atom stereocenters. The van der Waals surface area contributed by atoms with E-state index < -0.39 is 4.92 Å². The molecule has 17 heavy (non-hydrogen) atoms. The lowest BCUT2D eigenvalue weighted by atomic mass is 10.1. The molecular formula is C11H13ClN2O3. The number of nitro benzene ring substituents is 1. The van der Waals surface area contributed by atoms with Gasteiger partial charge in [0, 0.05) is 24.2 Å². The number of nitro groups is 1. The number of aliphatic hydroxyl groups excluding tert-OH is 1. The van der Waals surface area contributed by atoms with Crippen molar-refractivity contribution in [2.24, 2.45) is 0 Å². The fraction of sp³-hybridized carbons (Fsp3) is 0.455. The highest BCUT2D eigenvalue weighted by molar-refractivity contribution is 6.31. The van der Waals surface area contributed by atoms with Crippen LogP contribution in [0, 0.1) is 10.1 Å². The third-order valence-corrected chi connectivity index (χ3v) is 3.17. The lowest BCUT2D eigenvalue weighted by molar-refractivity contribution is -0.384. The van der Waals surface area contributed by atoms with E-state index in [1.807, 2.05) is 4.90 Å². The van der Waals surface area contributed by atoms with Gasteiger partial charge in [-0.3, -0.25) is 10.1 Å². The fourth-order valence-corrected chi connectivity index (χ4v) is 2.18. The third-order valence-electron chi connectivity index (χ3n) is 2.94. The van der Waals surface area contributed by atoms with Crippen molar-refractivity contribution in [1.82, 2.24) is 0 Å². The number of benzene rings is 1. The van der Waals surface area contributed by atoms with E-state index in [1.165, 1.54) is 12.1 Å². The highest BCUT2D eigenvalue weighted by atomic mass is 35.5. The van der Waals surface area contributed by atoms with Crippen molar-refractivity contribution in [2.45, 2.75) is 18.9 Å². The van der Waals surface area contributed by atoms with E-state index in [-0.39, 0.29) is 11.8 Å². The zero-order valence-corrected chi connectivity index (χ0v) is 9.93. The van der Waals surface area contributed by atoms with Crippen LogP contribution in [-0.2, 0) is 0 Å². The number of nitrogens with zero attached hydrogens (tertiary/aromatic N) is 2. The maximum Gasteiger partial charge on any atom is 0.292 e. The summed E-state index contributed by atoms with van der Waals surface area (Å²) >= 11 is 5.87. The standard InChI is InChI=1S/C11H13ClN2O3/c12-8-1-2-10(14(16)17)11(7-8)13-5-3-9(15)4-6-13/h1-2,7,9,15H,3-6H2. The molecule has 0 aromatic heterocycles. The molecule has 0 spiro atoms. The van der Waals surface area contributed by atoms with Gasteiger partial charge in [-0.05, 0) is 25.0 Å². The van der Waals surface area contributed by atoms with Crippen LogP contribution in [0.3, 0.4) is 0 Å². The van der Waals surface area contributed by atoms with Crippen LogP contribution in [-0.4, -0.2) is 29.2 Å². The van der Waals surface area contributed by atoms with Crippen LogP contribution in [0.15, 0.2) is 18.2 Å². The molecule has 0 radical (unpaired) electrons. The molecule has 1 aliphatic rings. The van der Waals surface area contributed by atoms with Crippen LogP contribution in [0.25, 0.3) is 0 Å². The Balaban J connectivity index is 2.30. The van der Waals surface area contributed by atoms with E-state index >= 15 is 0 Å². The molecule has 0 aliphatic carbocycles. The predicted molar refractivity (Wildman–Crippen MR) is 65.6 cm³/mol. The van der Waals surface area contributed by atoms with E-state index in [2.05, 4.69) is 0 Å². The molecule has 5 nitrogen and oxygen atoms in total. The number of aliphatic hydroxyl groups is 1. The molecule has 1 fully saturated rings. The molecule has 0 saturated carbocycles. The summed E-state index contributed by atoms with van der Waals surface area (Å²) < 4.78 is 0. The summed E-state index contributed by atoms with van der Waals surface area (Å²) in [5.41, 5.74) is 0.597. The Bertz CT molecular complexity index is 431. The van der Waals surface area contributed by atoms with Gasteiger partial charge in [-0.2, -0.15) is 0 Å². The SMILES string of the molecule is O=[N+]([O-])c1ccc(Cl)cc1N1CCC(O)CC1. The summed E-state index contributed by atoms with van der Waals surface area (Å²) in [5, 5.41) is 20.8. The monoisotopic (exact) mass is 256 g/mol. The van der Waals surface area contributed by atoms with Gasteiger partial charge in [0.1, 0.15) is 5.69 Å². The molecule has 1 saturated heterocycles. The largest absolute Gasteiger partial charge is 0.393 e. The lowest BCUT2D eigenvalue weighted by Gasteiger charge is -2.31. The number of rotatable bonds is 2. The number of hydrogen-bond donors (Lipinski definition) is 1. The van der Waals surface area contributed by atoms with E-state index in [9.17, 15) is 15.2 Å². The van der Waals surface area contributed by atoms with E-state index in [0.717, 1.165) is 0 Å². The van der Waals surface area contributed by atoms with Gasteiger partial charge in [0.25, 0.3) is 5.69 Å². The van der Waals surface area contributed by atoms with Gasteiger partial charge in [-0.15, -0.1) is 0 Å². The molecule has 1 aromatic rings. The van der Waals surface area contributed by atoms with Gasteiger partial charge in [-0.25, -0.2) is 0 Å². The predicted octanol–water partition coefficient (Wildman–Crippen LogP) is 2.21. The highest BCUT2D eigenvalue weighted by Crippen LogP contribution is 2.32. The fourth-order valence-electron chi connectivity index (χ4n) is 2.01. The maximum absolute atomic E-state index is 10.9. The molecular weight excluding hydrogens is 244 g/mol. The summed E-state index contributed by atoms with van der Waals surface area (Å²) in [6, 6.07) is 4.54. The Morgan fingerprint density at radius 2 is 2.06 bits per heavy atom.